The van der Waals surface area contributed by atoms with Gasteiger partial charge in [0.15, 0.2) is 0 Å². The fraction of sp³-hybridized carbons (Fsp3) is 0.200. The molecule has 0 saturated carbocycles. The van der Waals surface area contributed by atoms with Crippen molar-refractivity contribution in [2.45, 2.75) is 12.5 Å². The second-order valence-corrected chi connectivity index (χ2v) is 4.44. The Bertz CT molecular complexity index is 640. The van der Waals surface area contributed by atoms with E-state index in [1.165, 1.54) is 7.11 Å². The molecular formula is C15H16N2O3. The lowest BCUT2D eigenvalue weighted by Crippen LogP contribution is -2.35. The van der Waals surface area contributed by atoms with E-state index in [1.54, 1.807) is 0 Å². The topological polar surface area (TPSA) is 81.4 Å². The average molecular weight is 272 g/mol. The Hall–Kier alpha value is -2.40. The highest BCUT2D eigenvalue weighted by Gasteiger charge is 2.17. The molecule has 2 aromatic rings. The second-order valence-electron chi connectivity index (χ2n) is 4.44. The molecule has 2 rings (SSSR count). The Morgan fingerprint density at radius 3 is 2.60 bits per heavy atom. The predicted molar refractivity (Wildman–Crippen MR) is 77.2 cm³/mol. The Kier molecular flexibility index (Phi) is 4.32. The second kappa shape index (κ2) is 6.16. The number of benzene rings is 2. The van der Waals surface area contributed by atoms with E-state index in [2.05, 4.69) is 10.1 Å². The van der Waals surface area contributed by atoms with Crippen molar-refractivity contribution in [1.29, 1.82) is 0 Å². The molecule has 20 heavy (non-hydrogen) atoms. The highest BCUT2D eigenvalue weighted by molar-refractivity contribution is 5.96. The van der Waals surface area contributed by atoms with Gasteiger partial charge in [-0.1, -0.05) is 30.3 Å². The van der Waals surface area contributed by atoms with E-state index in [1.807, 2.05) is 42.5 Å². The van der Waals surface area contributed by atoms with Crippen LogP contribution in [0.15, 0.2) is 42.5 Å². The smallest absolute Gasteiger partial charge is 0.323 e. The minimum atomic E-state index is -0.944. The van der Waals surface area contributed by atoms with E-state index >= 15 is 0 Å². The van der Waals surface area contributed by atoms with Crippen LogP contribution in [0.5, 0.6) is 0 Å². The van der Waals surface area contributed by atoms with Crippen molar-refractivity contribution in [3.63, 3.8) is 0 Å². The molecule has 0 aliphatic rings. The van der Waals surface area contributed by atoms with Gasteiger partial charge < -0.3 is 15.8 Å². The van der Waals surface area contributed by atoms with Crippen molar-refractivity contribution in [2.75, 3.05) is 12.4 Å². The van der Waals surface area contributed by atoms with Gasteiger partial charge in [-0.15, -0.1) is 0 Å². The number of carbonyl (C=O) groups is 2. The number of methoxy groups -OCH3 is 1. The molecule has 0 saturated heterocycles. The number of ether oxygens (including phenoxy) is 1. The largest absolute Gasteiger partial charge is 0.468 e. The van der Waals surface area contributed by atoms with Crippen LogP contribution >= 0.6 is 0 Å². The number of hydrogen-bond acceptors (Lipinski definition) is 4. The molecular weight excluding hydrogens is 256 g/mol. The summed E-state index contributed by atoms with van der Waals surface area (Å²) >= 11 is 0. The highest BCUT2D eigenvalue weighted by Crippen LogP contribution is 2.18. The average Bonchev–Trinajstić information content (AvgIpc) is 2.46. The van der Waals surface area contributed by atoms with Crippen LogP contribution < -0.4 is 11.1 Å². The van der Waals surface area contributed by atoms with Crippen LogP contribution in [0.1, 0.15) is 6.42 Å². The molecule has 104 valence electrons. The molecule has 0 spiro atoms. The summed E-state index contributed by atoms with van der Waals surface area (Å²) in [4.78, 5) is 22.9. The molecule has 5 heteroatoms. The summed E-state index contributed by atoms with van der Waals surface area (Å²) in [6.07, 6.45) is -0.112. The van der Waals surface area contributed by atoms with E-state index in [9.17, 15) is 9.59 Å². The van der Waals surface area contributed by atoms with Crippen molar-refractivity contribution in [3.8, 4) is 0 Å². The summed E-state index contributed by atoms with van der Waals surface area (Å²) in [5, 5.41) is 4.84. The summed E-state index contributed by atoms with van der Waals surface area (Å²) in [7, 11) is 1.24. The standard InChI is InChI=1S/C15H16N2O3/c1-20-15(19)13(16)9-14(18)17-12-7-6-10-4-2-3-5-11(10)8-12/h2-8,13H,9,16H2,1H3,(H,17,18). The van der Waals surface area contributed by atoms with E-state index < -0.39 is 12.0 Å². The first-order valence-electron chi connectivity index (χ1n) is 6.22. The van der Waals surface area contributed by atoms with Crippen LogP contribution in [0.3, 0.4) is 0 Å². The van der Waals surface area contributed by atoms with Crippen molar-refractivity contribution < 1.29 is 14.3 Å². The number of esters is 1. The highest BCUT2D eigenvalue weighted by atomic mass is 16.5. The third kappa shape index (κ3) is 3.33. The van der Waals surface area contributed by atoms with Crippen LogP contribution in [0.2, 0.25) is 0 Å². The van der Waals surface area contributed by atoms with Gasteiger partial charge in [-0.25, -0.2) is 0 Å². The van der Waals surface area contributed by atoms with Crippen LogP contribution in [0, 0.1) is 0 Å². The van der Waals surface area contributed by atoms with Gasteiger partial charge in [0.1, 0.15) is 6.04 Å². The minimum absolute atomic E-state index is 0.112. The lowest BCUT2D eigenvalue weighted by molar-refractivity contribution is -0.143. The van der Waals surface area contributed by atoms with Gasteiger partial charge in [0.2, 0.25) is 5.91 Å². The van der Waals surface area contributed by atoms with Gasteiger partial charge in [-0.3, -0.25) is 9.59 Å². The first kappa shape index (κ1) is 14.0. The van der Waals surface area contributed by atoms with Crippen molar-refractivity contribution in [3.05, 3.63) is 42.5 Å². The maximum atomic E-state index is 11.8. The van der Waals surface area contributed by atoms with E-state index in [-0.39, 0.29) is 12.3 Å². The van der Waals surface area contributed by atoms with Crippen LogP contribution in [0.25, 0.3) is 10.8 Å². The number of nitrogens with two attached hydrogens (primary N) is 1. The lowest BCUT2D eigenvalue weighted by atomic mass is 10.1. The zero-order valence-electron chi connectivity index (χ0n) is 11.1. The Labute approximate surface area is 116 Å². The fourth-order valence-electron chi connectivity index (χ4n) is 1.91. The van der Waals surface area contributed by atoms with Gasteiger partial charge in [-0.05, 0) is 22.9 Å². The number of hydrogen-bond donors (Lipinski definition) is 2. The van der Waals surface area contributed by atoms with E-state index in [0.29, 0.717) is 5.69 Å². The van der Waals surface area contributed by atoms with Gasteiger partial charge in [0.05, 0.1) is 13.5 Å². The van der Waals surface area contributed by atoms with Crippen LogP contribution in [-0.4, -0.2) is 25.0 Å². The summed E-state index contributed by atoms with van der Waals surface area (Å²) in [5.74, 6) is -0.920. The van der Waals surface area contributed by atoms with Crippen molar-refractivity contribution in [2.24, 2.45) is 5.73 Å². The molecule has 2 aromatic carbocycles. The number of nitrogens with one attached hydrogen (secondary N) is 1. The van der Waals surface area contributed by atoms with Gasteiger partial charge in [0.25, 0.3) is 0 Å². The molecule has 3 N–H and O–H groups in total. The Balaban J connectivity index is 2.04. The first-order chi connectivity index (χ1) is 9.60. The number of anilines is 1. The van der Waals surface area contributed by atoms with Crippen LogP contribution in [0.4, 0.5) is 5.69 Å². The van der Waals surface area contributed by atoms with Gasteiger partial charge in [0, 0.05) is 5.69 Å². The number of fused-ring (bicyclic) bond motifs is 1. The third-order valence-corrected chi connectivity index (χ3v) is 2.94. The minimum Gasteiger partial charge on any atom is -0.468 e. The molecule has 1 atom stereocenters. The molecule has 0 aromatic heterocycles. The fourth-order valence-corrected chi connectivity index (χ4v) is 1.91. The summed E-state index contributed by atoms with van der Waals surface area (Å²) < 4.78 is 4.48. The third-order valence-electron chi connectivity index (χ3n) is 2.94. The molecule has 0 aliphatic heterocycles. The summed E-state index contributed by atoms with van der Waals surface area (Å²) in [6.45, 7) is 0. The lowest BCUT2D eigenvalue weighted by Gasteiger charge is -2.10. The zero-order valence-corrected chi connectivity index (χ0v) is 11.1. The molecule has 0 radical (unpaired) electrons. The molecule has 0 fully saturated rings. The Morgan fingerprint density at radius 1 is 1.20 bits per heavy atom. The Morgan fingerprint density at radius 2 is 1.90 bits per heavy atom. The molecule has 0 heterocycles. The van der Waals surface area contributed by atoms with Crippen molar-refractivity contribution in [1.82, 2.24) is 0 Å². The summed E-state index contributed by atoms with van der Waals surface area (Å²) in [5.41, 5.74) is 6.21. The summed E-state index contributed by atoms with van der Waals surface area (Å²) in [6, 6.07) is 12.5. The van der Waals surface area contributed by atoms with E-state index in [4.69, 9.17) is 5.73 Å². The zero-order chi connectivity index (χ0) is 14.5. The number of rotatable bonds is 4. The molecule has 1 amide bonds. The van der Waals surface area contributed by atoms with Crippen LogP contribution in [-0.2, 0) is 14.3 Å². The molecule has 0 bridgehead atoms. The molecule has 0 aliphatic carbocycles. The first-order valence-corrected chi connectivity index (χ1v) is 6.22. The van der Waals surface area contributed by atoms with Crippen molar-refractivity contribution >= 4 is 28.3 Å². The van der Waals surface area contributed by atoms with E-state index in [0.717, 1.165) is 10.8 Å². The number of amides is 1. The predicted octanol–water partition coefficient (Wildman–Crippen LogP) is 1.67. The normalized spacial score (nSPS) is 11.9. The van der Waals surface area contributed by atoms with Gasteiger partial charge in [-0.2, -0.15) is 0 Å². The monoisotopic (exact) mass is 272 g/mol. The SMILES string of the molecule is COC(=O)C(N)CC(=O)Nc1ccc2ccccc2c1. The molecule has 5 nitrogen and oxygen atoms in total. The van der Waals surface area contributed by atoms with Gasteiger partial charge >= 0.3 is 5.97 Å². The molecule has 1 unspecified atom stereocenters. The maximum Gasteiger partial charge on any atom is 0.323 e. The number of carbonyl (C=O) groups excluding carboxylic acids is 2. The quantitative estimate of drug-likeness (QED) is 0.829. The maximum absolute atomic E-state index is 11.8.